The molecule has 14 heavy (non-hydrogen) atoms. The molecule has 0 aliphatic heterocycles. The van der Waals surface area contributed by atoms with Gasteiger partial charge in [0.05, 0.1) is 6.10 Å². The number of hydrogen-bond donors (Lipinski definition) is 1. The van der Waals surface area contributed by atoms with Crippen molar-refractivity contribution in [2.24, 2.45) is 11.8 Å². The maximum Gasteiger partial charge on any atom is 0.0568 e. The summed E-state index contributed by atoms with van der Waals surface area (Å²) in [5.74, 6) is 1.37. The van der Waals surface area contributed by atoms with E-state index in [9.17, 15) is 5.11 Å². The molecule has 1 saturated carbocycles. The van der Waals surface area contributed by atoms with Gasteiger partial charge in [0.15, 0.2) is 0 Å². The number of aliphatic hydroxyl groups excluding tert-OH is 1. The van der Waals surface area contributed by atoms with Gasteiger partial charge in [-0.3, -0.25) is 0 Å². The predicted molar refractivity (Wildman–Crippen MR) is 61.2 cm³/mol. The number of hydrogen-bond acceptors (Lipinski definition) is 1. The summed E-state index contributed by atoms with van der Waals surface area (Å²) in [6.07, 6.45) is 10.4. The van der Waals surface area contributed by atoms with E-state index >= 15 is 0 Å². The second kappa shape index (κ2) is 6.23. The Morgan fingerprint density at radius 2 is 2.07 bits per heavy atom. The Morgan fingerprint density at radius 3 is 2.64 bits per heavy atom. The molecule has 0 amide bonds. The summed E-state index contributed by atoms with van der Waals surface area (Å²) >= 11 is 0. The molecule has 1 heteroatoms. The molecule has 0 radical (unpaired) electrons. The normalized spacial score (nSPS) is 20.4. The first-order valence-electron chi connectivity index (χ1n) is 6.04. The number of unbranched alkanes of at least 4 members (excludes halogenated alkanes) is 3. The number of allylic oxidation sites excluding steroid dienone is 1. The zero-order valence-corrected chi connectivity index (χ0v) is 9.41. The van der Waals surface area contributed by atoms with Crippen LogP contribution >= 0.6 is 0 Å². The Hall–Kier alpha value is -0.300. The number of rotatable bonds is 8. The minimum Gasteiger partial charge on any atom is -0.393 e. The zero-order chi connectivity index (χ0) is 10.4. The SMILES string of the molecule is C=CCCCCCC(O)C(C)C1CC1. The van der Waals surface area contributed by atoms with E-state index in [1.54, 1.807) is 0 Å². The van der Waals surface area contributed by atoms with Gasteiger partial charge in [0.25, 0.3) is 0 Å². The molecule has 1 fully saturated rings. The van der Waals surface area contributed by atoms with Crippen LogP contribution in [0.1, 0.15) is 51.9 Å². The average molecular weight is 196 g/mol. The lowest BCUT2D eigenvalue weighted by Gasteiger charge is -2.17. The van der Waals surface area contributed by atoms with Crippen LogP contribution in [0.5, 0.6) is 0 Å². The Labute approximate surface area is 88.2 Å². The van der Waals surface area contributed by atoms with Crippen LogP contribution in [0.15, 0.2) is 12.7 Å². The highest BCUT2D eigenvalue weighted by Gasteiger charge is 2.31. The van der Waals surface area contributed by atoms with Crippen molar-refractivity contribution in [1.29, 1.82) is 0 Å². The summed E-state index contributed by atoms with van der Waals surface area (Å²) in [6.45, 7) is 5.90. The summed E-state index contributed by atoms with van der Waals surface area (Å²) in [5, 5.41) is 9.86. The van der Waals surface area contributed by atoms with Gasteiger partial charge in [0, 0.05) is 0 Å². The fourth-order valence-electron chi connectivity index (χ4n) is 2.02. The van der Waals surface area contributed by atoms with Gasteiger partial charge in [-0.25, -0.2) is 0 Å². The monoisotopic (exact) mass is 196 g/mol. The molecule has 82 valence electrons. The van der Waals surface area contributed by atoms with Gasteiger partial charge >= 0.3 is 0 Å². The predicted octanol–water partition coefficient (Wildman–Crippen LogP) is 3.53. The Kier molecular flexibility index (Phi) is 5.24. The molecule has 0 aromatic heterocycles. The summed E-state index contributed by atoms with van der Waals surface area (Å²) in [4.78, 5) is 0. The lowest BCUT2D eigenvalue weighted by Crippen LogP contribution is -2.19. The van der Waals surface area contributed by atoms with Crippen LogP contribution in [-0.4, -0.2) is 11.2 Å². The van der Waals surface area contributed by atoms with Crippen molar-refractivity contribution in [3.05, 3.63) is 12.7 Å². The van der Waals surface area contributed by atoms with Gasteiger partial charge in [-0.1, -0.05) is 25.8 Å². The maximum atomic E-state index is 9.86. The summed E-state index contributed by atoms with van der Waals surface area (Å²) in [7, 11) is 0. The molecule has 1 rings (SSSR count). The molecule has 0 heterocycles. The first-order valence-corrected chi connectivity index (χ1v) is 6.04. The van der Waals surface area contributed by atoms with Gasteiger partial charge < -0.3 is 5.11 Å². The quantitative estimate of drug-likeness (QED) is 0.465. The number of aliphatic hydroxyl groups is 1. The van der Waals surface area contributed by atoms with Crippen molar-refractivity contribution >= 4 is 0 Å². The van der Waals surface area contributed by atoms with Crippen LogP contribution in [0.25, 0.3) is 0 Å². The van der Waals surface area contributed by atoms with Gasteiger partial charge in [0.2, 0.25) is 0 Å². The largest absolute Gasteiger partial charge is 0.393 e. The minimum atomic E-state index is -0.0498. The van der Waals surface area contributed by atoms with Gasteiger partial charge in [-0.05, 0) is 43.9 Å². The molecule has 1 aliphatic rings. The van der Waals surface area contributed by atoms with Crippen molar-refractivity contribution in [2.45, 2.75) is 58.0 Å². The smallest absolute Gasteiger partial charge is 0.0568 e. The average Bonchev–Trinajstić information content (AvgIpc) is 2.99. The van der Waals surface area contributed by atoms with E-state index in [0.717, 1.165) is 18.8 Å². The van der Waals surface area contributed by atoms with E-state index in [1.807, 2.05) is 6.08 Å². The van der Waals surface area contributed by atoms with Crippen molar-refractivity contribution in [3.8, 4) is 0 Å². The van der Waals surface area contributed by atoms with E-state index in [2.05, 4.69) is 13.5 Å². The summed E-state index contributed by atoms with van der Waals surface area (Å²) in [6, 6.07) is 0. The first kappa shape index (κ1) is 11.8. The molecule has 1 N–H and O–H groups in total. The molecule has 1 nitrogen and oxygen atoms in total. The molecule has 0 aromatic carbocycles. The van der Waals surface area contributed by atoms with Crippen LogP contribution in [0.4, 0.5) is 0 Å². The van der Waals surface area contributed by atoms with Crippen LogP contribution in [-0.2, 0) is 0 Å². The van der Waals surface area contributed by atoms with E-state index < -0.39 is 0 Å². The molecule has 0 aromatic rings. The zero-order valence-electron chi connectivity index (χ0n) is 9.41. The molecule has 0 saturated heterocycles. The van der Waals surface area contributed by atoms with Crippen LogP contribution in [0, 0.1) is 11.8 Å². The second-order valence-electron chi connectivity index (χ2n) is 4.69. The molecular formula is C13H24O. The lowest BCUT2D eigenvalue weighted by molar-refractivity contribution is 0.0937. The fraction of sp³-hybridized carbons (Fsp3) is 0.846. The van der Waals surface area contributed by atoms with Crippen molar-refractivity contribution < 1.29 is 5.11 Å². The minimum absolute atomic E-state index is 0.0498. The lowest BCUT2D eigenvalue weighted by atomic mass is 9.95. The van der Waals surface area contributed by atoms with Crippen molar-refractivity contribution in [1.82, 2.24) is 0 Å². The molecule has 2 unspecified atom stereocenters. The Morgan fingerprint density at radius 1 is 1.36 bits per heavy atom. The highest BCUT2D eigenvalue weighted by molar-refractivity contribution is 4.82. The Balaban J connectivity index is 1.96. The molecule has 0 bridgehead atoms. The summed E-state index contributed by atoms with van der Waals surface area (Å²) in [5.41, 5.74) is 0. The molecule has 1 aliphatic carbocycles. The second-order valence-corrected chi connectivity index (χ2v) is 4.69. The summed E-state index contributed by atoms with van der Waals surface area (Å²) < 4.78 is 0. The van der Waals surface area contributed by atoms with E-state index in [-0.39, 0.29) is 6.10 Å². The molecule has 0 spiro atoms. The highest BCUT2D eigenvalue weighted by atomic mass is 16.3. The van der Waals surface area contributed by atoms with Gasteiger partial charge in [-0.15, -0.1) is 6.58 Å². The van der Waals surface area contributed by atoms with E-state index in [4.69, 9.17) is 0 Å². The van der Waals surface area contributed by atoms with Crippen molar-refractivity contribution in [3.63, 3.8) is 0 Å². The van der Waals surface area contributed by atoms with Crippen LogP contribution < -0.4 is 0 Å². The molecular weight excluding hydrogens is 172 g/mol. The van der Waals surface area contributed by atoms with Crippen molar-refractivity contribution in [2.75, 3.05) is 0 Å². The molecule has 2 atom stereocenters. The third kappa shape index (κ3) is 4.28. The van der Waals surface area contributed by atoms with Crippen LogP contribution in [0.2, 0.25) is 0 Å². The first-order chi connectivity index (χ1) is 6.75. The standard InChI is InChI=1S/C13H24O/c1-3-4-5-6-7-8-13(14)11(2)12-9-10-12/h3,11-14H,1,4-10H2,2H3. The fourth-order valence-corrected chi connectivity index (χ4v) is 2.02. The van der Waals surface area contributed by atoms with E-state index in [0.29, 0.717) is 5.92 Å². The highest BCUT2D eigenvalue weighted by Crippen LogP contribution is 2.39. The Bertz CT molecular complexity index is 161. The third-order valence-corrected chi connectivity index (χ3v) is 3.38. The van der Waals surface area contributed by atoms with Gasteiger partial charge in [0.1, 0.15) is 0 Å². The topological polar surface area (TPSA) is 20.2 Å². The maximum absolute atomic E-state index is 9.86. The third-order valence-electron chi connectivity index (χ3n) is 3.38. The van der Waals surface area contributed by atoms with Gasteiger partial charge in [-0.2, -0.15) is 0 Å². The van der Waals surface area contributed by atoms with E-state index in [1.165, 1.54) is 32.1 Å². The van der Waals surface area contributed by atoms with Crippen LogP contribution in [0.3, 0.4) is 0 Å².